The van der Waals surface area contributed by atoms with Crippen LogP contribution in [0.3, 0.4) is 0 Å². The molecule has 5 heteroatoms. The molecule has 1 saturated heterocycles. The molecule has 1 unspecified atom stereocenters. The number of carboxylic acid groups (broad SMARTS) is 1. The van der Waals surface area contributed by atoms with E-state index in [-0.39, 0.29) is 5.91 Å². The molecule has 1 atom stereocenters. The molecule has 2 rings (SSSR count). The second-order valence-corrected chi connectivity index (χ2v) is 5.93. The van der Waals surface area contributed by atoms with Crippen molar-refractivity contribution in [2.45, 2.75) is 38.6 Å². The Hall–Kier alpha value is -1.36. The van der Waals surface area contributed by atoms with Gasteiger partial charge >= 0.3 is 5.97 Å². The van der Waals surface area contributed by atoms with Crippen LogP contribution in [-0.4, -0.2) is 34.0 Å². The minimum Gasteiger partial charge on any atom is -0.480 e. The Balaban J connectivity index is 2.25. The Morgan fingerprint density at radius 3 is 2.78 bits per heavy atom. The summed E-state index contributed by atoms with van der Waals surface area (Å²) in [7, 11) is 0. The molecule has 0 saturated carbocycles. The molecule has 1 aromatic heterocycles. The van der Waals surface area contributed by atoms with Gasteiger partial charge in [-0.15, -0.1) is 11.3 Å². The molecule has 1 N–H and O–H groups in total. The first kappa shape index (κ1) is 13.1. The second kappa shape index (κ2) is 4.72. The zero-order valence-corrected chi connectivity index (χ0v) is 11.4. The fourth-order valence-electron chi connectivity index (χ4n) is 2.33. The van der Waals surface area contributed by atoms with Crippen molar-refractivity contribution in [1.82, 2.24) is 4.90 Å². The van der Waals surface area contributed by atoms with E-state index in [1.807, 2.05) is 13.0 Å². The third-order valence-corrected chi connectivity index (χ3v) is 4.79. The molecule has 0 aromatic carbocycles. The van der Waals surface area contributed by atoms with Gasteiger partial charge < -0.3 is 10.0 Å². The topological polar surface area (TPSA) is 57.6 Å². The molecule has 2 heterocycles. The minimum absolute atomic E-state index is 0.151. The van der Waals surface area contributed by atoms with E-state index in [2.05, 4.69) is 0 Å². The molecule has 1 aliphatic rings. The maximum Gasteiger partial charge on any atom is 0.329 e. The van der Waals surface area contributed by atoms with E-state index in [0.717, 1.165) is 17.7 Å². The zero-order valence-electron chi connectivity index (χ0n) is 10.6. The number of amides is 1. The summed E-state index contributed by atoms with van der Waals surface area (Å²) in [4.78, 5) is 27.0. The van der Waals surface area contributed by atoms with E-state index in [4.69, 9.17) is 0 Å². The molecule has 0 aliphatic carbocycles. The van der Waals surface area contributed by atoms with Gasteiger partial charge in [0.05, 0.1) is 4.88 Å². The van der Waals surface area contributed by atoms with Crippen molar-refractivity contribution in [3.8, 4) is 0 Å². The summed E-state index contributed by atoms with van der Waals surface area (Å²) in [6.07, 6.45) is 2.18. The summed E-state index contributed by atoms with van der Waals surface area (Å²) >= 11 is 1.46. The standard InChI is InChI=1S/C13H17NO3S/c1-3-9-5-6-10(18-9)11(15)14-8-4-7-13(14,2)12(16)17/h5-6H,3-4,7-8H2,1-2H3,(H,16,17). The van der Waals surface area contributed by atoms with Crippen LogP contribution in [0, 0.1) is 0 Å². The van der Waals surface area contributed by atoms with Gasteiger partial charge in [-0.1, -0.05) is 6.92 Å². The van der Waals surface area contributed by atoms with Crippen molar-refractivity contribution in [2.75, 3.05) is 6.54 Å². The quantitative estimate of drug-likeness (QED) is 0.914. The number of rotatable bonds is 3. The Bertz CT molecular complexity index is 482. The summed E-state index contributed by atoms with van der Waals surface area (Å²) < 4.78 is 0. The van der Waals surface area contributed by atoms with Crippen LogP contribution in [0.1, 0.15) is 41.2 Å². The number of nitrogens with zero attached hydrogens (tertiary/aromatic N) is 1. The second-order valence-electron chi connectivity index (χ2n) is 4.76. The van der Waals surface area contributed by atoms with Gasteiger partial charge in [-0.05, 0) is 38.3 Å². The number of hydrogen-bond donors (Lipinski definition) is 1. The monoisotopic (exact) mass is 267 g/mol. The summed E-state index contributed by atoms with van der Waals surface area (Å²) in [6.45, 7) is 4.20. The first-order valence-corrected chi connectivity index (χ1v) is 6.94. The average molecular weight is 267 g/mol. The van der Waals surface area contributed by atoms with Crippen molar-refractivity contribution in [3.05, 3.63) is 21.9 Å². The summed E-state index contributed by atoms with van der Waals surface area (Å²) in [5, 5.41) is 9.30. The molecule has 1 aromatic rings. The molecule has 1 amide bonds. The average Bonchev–Trinajstić information content (AvgIpc) is 2.95. The third-order valence-electron chi connectivity index (χ3n) is 3.57. The van der Waals surface area contributed by atoms with Gasteiger partial charge in [0.15, 0.2) is 0 Å². The van der Waals surface area contributed by atoms with Crippen LogP contribution in [0.4, 0.5) is 0 Å². The SMILES string of the molecule is CCc1ccc(C(=O)N2CCCC2(C)C(=O)O)s1. The number of carbonyl (C=O) groups excluding carboxylic acids is 1. The van der Waals surface area contributed by atoms with Crippen LogP contribution < -0.4 is 0 Å². The van der Waals surface area contributed by atoms with Crippen molar-refractivity contribution >= 4 is 23.2 Å². The highest BCUT2D eigenvalue weighted by molar-refractivity contribution is 7.14. The largest absolute Gasteiger partial charge is 0.480 e. The van der Waals surface area contributed by atoms with Gasteiger partial charge in [0.1, 0.15) is 5.54 Å². The van der Waals surface area contributed by atoms with Crippen molar-refractivity contribution in [2.24, 2.45) is 0 Å². The Morgan fingerprint density at radius 1 is 1.50 bits per heavy atom. The Morgan fingerprint density at radius 2 is 2.22 bits per heavy atom. The molecule has 18 heavy (non-hydrogen) atoms. The number of likely N-dealkylation sites (tertiary alicyclic amines) is 1. The molecule has 1 aliphatic heterocycles. The highest BCUT2D eigenvalue weighted by atomic mass is 32.1. The molecular formula is C13H17NO3S. The van der Waals surface area contributed by atoms with E-state index in [0.29, 0.717) is 17.8 Å². The third kappa shape index (κ3) is 2.03. The van der Waals surface area contributed by atoms with E-state index < -0.39 is 11.5 Å². The summed E-state index contributed by atoms with van der Waals surface area (Å²) in [5.74, 6) is -1.07. The van der Waals surface area contributed by atoms with Gasteiger partial charge in [0.2, 0.25) is 0 Å². The molecule has 4 nitrogen and oxygen atoms in total. The molecule has 0 spiro atoms. The van der Waals surface area contributed by atoms with Gasteiger partial charge in [0.25, 0.3) is 5.91 Å². The van der Waals surface area contributed by atoms with E-state index in [1.165, 1.54) is 16.2 Å². The molecular weight excluding hydrogens is 250 g/mol. The van der Waals surface area contributed by atoms with Crippen LogP contribution in [-0.2, 0) is 11.2 Å². The number of carboxylic acids is 1. The predicted octanol–water partition coefficient (Wildman–Crippen LogP) is 2.39. The fraction of sp³-hybridized carbons (Fsp3) is 0.538. The molecule has 0 radical (unpaired) electrons. The number of aliphatic carboxylic acids is 1. The maximum atomic E-state index is 12.4. The minimum atomic E-state index is -1.05. The van der Waals surface area contributed by atoms with Gasteiger partial charge in [0, 0.05) is 11.4 Å². The normalized spacial score (nSPS) is 23.3. The van der Waals surface area contributed by atoms with E-state index in [1.54, 1.807) is 13.0 Å². The Kier molecular flexibility index (Phi) is 3.43. The predicted molar refractivity (Wildman–Crippen MR) is 70.0 cm³/mol. The van der Waals surface area contributed by atoms with Gasteiger partial charge in [-0.3, -0.25) is 4.79 Å². The number of hydrogen-bond acceptors (Lipinski definition) is 3. The first-order chi connectivity index (χ1) is 8.49. The molecule has 0 bridgehead atoms. The number of carbonyl (C=O) groups is 2. The number of thiophene rings is 1. The lowest BCUT2D eigenvalue weighted by molar-refractivity contribution is -0.147. The van der Waals surface area contributed by atoms with Crippen molar-refractivity contribution < 1.29 is 14.7 Å². The molecule has 98 valence electrons. The van der Waals surface area contributed by atoms with Crippen LogP contribution >= 0.6 is 11.3 Å². The Labute approximate surface area is 110 Å². The number of aryl methyl sites for hydroxylation is 1. The van der Waals surface area contributed by atoms with Crippen molar-refractivity contribution in [3.63, 3.8) is 0 Å². The van der Waals surface area contributed by atoms with E-state index in [9.17, 15) is 14.7 Å². The van der Waals surface area contributed by atoms with Crippen LogP contribution in [0.2, 0.25) is 0 Å². The van der Waals surface area contributed by atoms with Crippen LogP contribution in [0.5, 0.6) is 0 Å². The maximum absolute atomic E-state index is 12.4. The van der Waals surface area contributed by atoms with Gasteiger partial charge in [-0.2, -0.15) is 0 Å². The van der Waals surface area contributed by atoms with Crippen LogP contribution in [0.25, 0.3) is 0 Å². The lowest BCUT2D eigenvalue weighted by atomic mass is 9.99. The smallest absolute Gasteiger partial charge is 0.329 e. The lowest BCUT2D eigenvalue weighted by Crippen LogP contribution is -2.50. The van der Waals surface area contributed by atoms with Crippen molar-refractivity contribution in [1.29, 1.82) is 0 Å². The zero-order chi connectivity index (χ0) is 13.3. The first-order valence-electron chi connectivity index (χ1n) is 6.13. The van der Waals surface area contributed by atoms with Gasteiger partial charge in [-0.25, -0.2) is 4.79 Å². The molecule has 1 fully saturated rings. The van der Waals surface area contributed by atoms with E-state index >= 15 is 0 Å². The summed E-state index contributed by atoms with van der Waals surface area (Å²) in [6, 6.07) is 3.73. The highest BCUT2D eigenvalue weighted by Crippen LogP contribution is 2.32. The summed E-state index contributed by atoms with van der Waals surface area (Å²) in [5.41, 5.74) is -1.05. The fourth-order valence-corrected chi connectivity index (χ4v) is 3.22. The van der Waals surface area contributed by atoms with Crippen LogP contribution in [0.15, 0.2) is 12.1 Å². The highest BCUT2D eigenvalue weighted by Gasteiger charge is 2.46. The lowest BCUT2D eigenvalue weighted by Gasteiger charge is -2.30.